The second kappa shape index (κ2) is 5.79. The topological polar surface area (TPSA) is 68.5 Å². The van der Waals surface area contributed by atoms with Gasteiger partial charge in [0.2, 0.25) is 0 Å². The van der Waals surface area contributed by atoms with Crippen molar-refractivity contribution in [1.82, 2.24) is 3.53 Å². The van der Waals surface area contributed by atoms with Crippen LogP contribution < -0.4 is 25.0 Å². The summed E-state index contributed by atoms with van der Waals surface area (Å²) < 4.78 is 44.9. The number of nitrogens with one attached hydrogen (secondary N) is 1. The Morgan fingerprint density at radius 3 is 2.37 bits per heavy atom. The van der Waals surface area contributed by atoms with E-state index in [1.807, 2.05) is 22.6 Å². The predicted molar refractivity (Wildman–Crippen MR) is 66.2 cm³/mol. The van der Waals surface area contributed by atoms with Crippen LogP contribution in [0.1, 0.15) is 27.2 Å². The Morgan fingerprint density at radius 2 is 2.00 bits per heavy atom. The SMILES string of the molecule is CC(C[C@@](C)(O)C(F)(F)F)OC(=O)C(C)(I)C1N[I-]1. The number of rotatable bonds is 5. The van der Waals surface area contributed by atoms with Gasteiger partial charge >= 0.3 is 134 Å². The minimum atomic E-state index is -4.75. The van der Waals surface area contributed by atoms with Crippen LogP contribution in [0.2, 0.25) is 0 Å². The molecule has 1 aliphatic heterocycles. The number of halogens is 5. The van der Waals surface area contributed by atoms with Crippen LogP contribution in [0.15, 0.2) is 0 Å². The van der Waals surface area contributed by atoms with Gasteiger partial charge < -0.3 is 0 Å². The average molecular weight is 508 g/mol. The van der Waals surface area contributed by atoms with Gasteiger partial charge in [0.05, 0.1) is 0 Å². The molecule has 2 N–H and O–H groups in total. The van der Waals surface area contributed by atoms with Gasteiger partial charge in [-0.1, -0.05) is 0 Å². The van der Waals surface area contributed by atoms with E-state index in [9.17, 15) is 23.1 Å². The van der Waals surface area contributed by atoms with E-state index in [1.165, 1.54) is 6.92 Å². The summed E-state index contributed by atoms with van der Waals surface area (Å²) in [4.78, 5) is 11.9. The summed E-state index contributed by atoms with van der Waals surface area (Å²) in [6.07, 6.45) is -6.43. The van der Waals surface area contributed by atoms with Crippen molar-refractivity contribution < 1.29 is 49.3 Å². The van der Waals surface area contributed by atoms with Crippen molar-refractivity contribution in [3.63, 3.8) is 0 Å². The predicted octanol–water partition coefficient (Wildman–Crippen LogP) is -1.25. The Balaban J connectivity index is 2.56. The quantitative estimate of drug-likeness (QED) is 0.122. The van der Waals surface area contributed by atoms with Gasteiger partial charge in [-0.3, -0.25) is 0 Å². The van der Waals surface area contributed by atoms with Crippen molar-refractivity contribution in [3.8, 4) is 0 Å². The van der Waals surface area contributed by atoms with E-state index in [2.05, 4.69) is 3.53 Å². The fourth-order valence-corrected chi connectivity index (χ4v) is 4.66. The summed E-state index contributed by atoms with van der Waals surface area (Å²) in [6.45, 7) is 3.71. The van der Waals surface area contributed by atoms with Crippen molar-refractivity contribution in [2.45, 2.75) is 52.5 Å². The van der Waals surface area contributed by atoms with Crippen LogP contribution in [0, 0.1) is 0 Å². The number of esters is 1. The third-order valence-corrected chi connectivity index (χ3v) is 7.44. The number of alkyl halides is 5. The molecule has 1 fully saturated rings. The zero-order chi connectivity index (χ0) is 15.1. The Morgan fingerprint density at radius 1 is 1.53 bits per heavy atom. The van der Waals surface area contributed by atoms with Crippen molar-refractivity contribution in [3.05, 3.63) is 0 Å². The van der Waals surface area contributed by atoms with Crippen LogP contribution in [0.4, 0.5) is 13.2 Å². The zero-order valence-electron chi connectivity index (χ0n) is 10.5. The van der Waals surface area contributed by atoms with Crippen molar-refractivity contribution >= 4 is 28.6 Å². The first-order chi connectivity index (χ1) is 8.38. The maximum atomic E-state index is 12.5. The number of hydrogen-bond donors (Lipinski definition) is 2. The summed E-state index contributed by atoms with van der Waals surface area (Å²) in [5, 5.41) is 9.33. The molecule has 0 aromatic heterocycles. The summed E-state index contributed by atoms with van der Waals surface area (Å²) >= 11 is 1.74. The van der Waals surface area contributed by atoms with Gasteiger partial charge in [-0.15, -0.1) is 0 Å². The van der Waals surface area contributed by atoms with Gasteiger partial charge in [-0.2, -0.15) is 0 Å². The molecule has 4 nitrogen and oxygen atoms in total. The van der Waals surface area contributed by atoms with Crippen molar-refractivity contribution in [1.29, 1.82) is 0 Å². The Labute approximate surface area is 133 Å². The summed E-state index contributed by atoms with van der Waals surface area (Å²) in [6, 6.07) is 0. The molecule has 9 heteroatoms. The molecule has 1 aliphatic rings. The number of carbonyl (C=O) groups excluding carboxylic acids is 1. The maximum absolute atomic E-state index is 12.5. The third-order valence-electron chi connectivity index (χ3n) is 2.70. The molecular weight excluding hydrogens is 493 g/mol. The van der Waals surface area contributed by atoms with Crippen LogP contribution in [0.5, 0.6) is 0 Å². The van der Waals surface area contributed by atoms with Gasteiger partial charge in [0, 0.05) is 0 Å². The molecule has 0 spiro atoms. The van der Waals surface area contributed by atoms with Gasteiger partial charge in [-0.05, 0) is 0 Å². The summed E-state index contributed by atoms with van der Waals surface area (Å²) in [5.41, 5.74) is -2.86. The zero-order valence-corrected chi connectivity index (χ0v) is 14.8. The molecule has 0 amide bonds. The first-order valence-corrected chi connectivity index (χ1v) is 8.85. The van der Waals surface area contributed by atoms with Gasteiger partial charge in [-0.25, -0.2) is 0 Å². The molecule has 0 bridgehead atoms. The fraction of sp³-hybridized carbons (Fsp3) is 0.900. The van der Waals surface area contributed by atoms with E-state index in [-0.39, 0.29) is 25.5 Å². The van der Waals surface area contributed by atoms with E-state index < -0.39 is 33.7 Å². The van der Waals surface area contributed by atoms with Gasteiger partial charge in [0.1, 0.15) is 0 Å². The first-order valence-electron chi connectivity index (χ1n) is 5.45. The Kier molecular flexibility index (Phi) is 5.39. The minimum absolute atomic E-state index is 0.0923. The molecule has 114 valence electrons. The molecular formula is C10H15F3I2NO3-. The van der Waals surface area contributed by atoms with Crippen molar-refractivity contribution in [2.75, 3.05) is 0 Å². The molecule has 1 heterocycles. The monoisotopic (exact) mass is 508 g/mol. The van der Waals surface area contributed by atoms with Crippen LogP contribution in [0.25, 0.3) is 0 Å². The van der Waals surface area contributed by atoms with E-state index in [0.717, 1.165) is 0 Å². The van der Waals surface area contributed by atoms with E-state index in [0.29, 0.717) is 6.92 Å². The second-order valence-electron chi connectivity index (χ2n) is 4.85. The number of aliphatic hydroxyl groups is 1. The fourth-order valence-electron chi connectivity index (χ4n) is 1.35. The molecule has 1 saturated heterocycles. The number of hydrogen-bond acceptors (Lipinski definition) is 4. The molecule has 19 heavy (non-hydrogen) atoms. The van der Waals surface area contributed by atoms with E-state index >= 15 is 0 Å². The molecule has 3 unspecified atom stereocenters. The van der Waals surface area contributed by atoms with Gasteiger partial charge in [0.25, 0.3) is 0 Å². The molecule has 0 aromatic carbocycles. The van der Waals surface area contributed by atoms with Gasteiger partial charge in [0.15, 0.2) is 0 Å². The Hall–Kier alpha value is 0.640. The molecule has 0 aliphatic carbocycles. The standard InChI is InChI=1S/C10H15F3I2NO3/c1-5(4-8(2,18)10(11,12)13)19-7(17)9(3,14)6-15-16-6/h5-6,16,18H,4H2,1-3H3/q-1/t5?,6?,8-,9?/m1/s1. The third kappa shape index (κ3) is 4.56. The summed E-state index contributed by atoms with van der Waals surface area (Å²) in [7, 11) is 0. The first kappa shape index (κ1) is 17.7. The molecule has 0 aromatic rings. The van der Waals surface area contributed by atoms with Crippen LogP contribution >= 0.6 is 22.6 Å². The Bertz CT molecular complexity index is 356. The van der Waals surface area contributed by atoms with Crippen LogP contribution in [-0.4, -0.2) is 36.4 Å². The molecule has 1 rings (SSSR count). The van der Waals surface area contributed by atoms with Crippen molar-refractivity contribution in [2.24, 2.45) is 0 Å². The molecule has 0 saturated carbocycles. The number of ether oxygens (including phenoxy) is 1. The molecule has 4 atom stereocenters. The summed E-state index contributed by atoms with van der Waals surface area (Å²) in [5.74, 6) is -0.548. The average Bonchev–Trinajstić information content (AvgIpc) is 2.96. The number of carbonyl (C=O) groups is 1. The van der Waals surface area contributed by atoms with E-state index in [4.69, 9.17) is 4.74 Å². The van der Waals surface area contributed by atoms with Crippen LogP contribution in [0.3, 0.4) is 0 Å². The molecule has 0 radical (unpaired) electrons. The van der Waals surface area contributed by atoms with Crippen LogP contribution in [-0.2, 0) is 9.53 Å². The second-order valence-corrected chi connectivity index (χ2v) is 9.58. The normalized spacial score (nSPS) is 27.5. The van der Waals surface area contributed by atoms with E-state index in [1.54, 1.807) is 6.92 Å².